The number of carboxylic acid groups (broad SMARTS) is 1. The summed E-state index contributed by atoms with van der Waals surface area (Å²) in [7, 11) is -3.47. The van der Waals surface area contributed by atoms with E-state index in [1.165, 1.54) is 0 Å². The van der Waals surface area contributed by atoms with E-state index in [4.69, 9.17) is 5.11 Å². The first-order chi connectivity index (χ1) is 8.80. The smallest absolute Gasteiger partial charge is 0.303 e. The van der Waals surface area contributed by atoms with Crippen LogP contribution in [-0.2, 0) is 14.8 Å². The Hall–Kier alpha value is -0.920. The summed E-state index contributed by atoms with van der Waals surface area (Å²) < 4.78 is 26.9. The second-order valence-electron chi connectivity index (χ2n) is 4.21. The number of benzene rings is 1. The number of carbonyl (C=O) groups is 1. The van der Waals surface area contributed by atoms with Crippen LogP contribution in [-0.4, -0.2) is 25.2 Å². The van der Waals surface area contributed by atoms with E-state index in [1.54, 1.807) is 6.92 Å². The normalized spacial score (nSPS) is 13.2. The predicted octanol–water partition coefficient (Wildman–Crippen LogP) is 2.29. The lowest BCUT2D eigenvalue weighted by atomic mass is 10.1. The lowest BCUT2D eigenvalue weighted by molar-refractivity contribution is -0.137. The van der Waals surface area contributed by atoms with Gasteiger partial charge in [0.2, 0.25) is 10.0 Å². The topological polar surface area (TPSA) is 83.5 Å². The number of carboxylic acids is 1. The molecule has 0 amide bonds. The highest BCUT2D eigenvalue weighted by molar-refractivity contribution is 9.10. The highest BCUT2D eigenvalue weighted by atomic mass is 79.9. The van der Waals surface area contributed by atoms with Crippen LogP contribution in [0.25, 0.3) is 0 Å². The summed E-state index contributed by atoms with van der Waals surface area (Å²) in [5.41, 5.74) is 0.844. The Kier molecular flexibility index (Phi) is 5.96. The summed E-state index contributed by atoms with van der Waals surface area (Å²) >= 11 is 3.33. The Morgan fingerprint density at radius 2 is 2.16 bits per heavy atom. The Morgan fingerprint density at radius 1 is 1.47 bits per heavy atom. The maximum absolute atomic E-state index is 11.8. The van der Waals surface area contributed by atoms with Crippen molar-refractivity contribution in [3.8, 4) is 0 Å². The molecule has 0 aliphatic carbocycles. The summed E-state index contributed by atoms with van der Waals surface area (Å²) in [4.78, 5) is 10.3. The molecule has 0 radical (unpaired) electrons. The van der Waals surface area contributed by atoms with Crippen molar-refractivity contribution in [2.75, 3.05) is 5.75 Å². The molecule has 0 fully saturated rings. The molecule has 0 aromatic heterocycles. The zero-order chi connectivity index (χ0) is 14.5. The molecule has 1 unspecified atom stereocenters. The fraction of sp³-hybridized carbons (Fsp3) is 0.417. The van der Waals surface area contributed by atoms with E-state index in [9.17, 15) is 13.2 Å². The zero-order valence-corrected chi connectivity index (χ0v) is 12.9. The molecular weight excluding hydrogens is 334 g/mol. The summed E-state index contributed by atoms with van der Waals surface area (Å²) in [6.45, 7) is 1.75. The quantitative estimate of drug-likeness (QED) is 0.790. The second-order valence-corrected chi connectivity index (χ2v) is 7.00. The van der Waals surface area contributed by atoms with Gasteiger partial charge in [-0.2, -0.15) is 0 Å². The third-order valence-corrected chi connectivity index (χ3v) is 4.54. The van der Waals surface area contributed by atoms with Gasteiger partial charge < -0.3 is 5.11 Å². The zero-order valence-electron chi connectivity index (χ0n) is 10.5. The maximum atomic E-state index is 11.8. The molecule has 0 saturated heterocycles. The van der Waals surface area contributed by atoms with Crippen molar-refractivity contribution in [2.24, 2.45) is 0 Å². The van der Waals surface area contributed by atoms with Crippen LogP contribution >= 0.6 is 15.9 Å². The van der Waals surface area contributed by atoms with Crippen LogP contribution in [0.3, 0.4) is 0 Å². The number of hydrogen-bond acceptors (Lipinski definition) is 3. The van der Waals surface area contributed by atoms with Gasteiger partial charge in [-0.1, -0.05) is 28.1 Å². The summed E-state index contributed by atoms with van der Waals surface area (Å²) in [5, 5.41) is 8.48. The van der Waals surface area contributed by atoms with E-state index in [1.807, 2.05) is 24.3 Å². The summed E-state index contributed by atoms with van der Waals surface area (Å²) in [6, 6.07) is 7.00. The van der Waals surface area contributed by atoms with Crippen LogP contribution in [0.1, 0.15) is 31.4 Å². The molecule has 0 aliphatic heterocycles. The molecule has 1 aromatic carbocycles. The Morgan fingerprint density at radius 3 is 2.74 bits per heavy atom. The Bertz CT molecular complexity index is 544. The second kappa shape index (κ2) is 7.02. The van der Waals surface area contributed by atoms with Gasteiger partial charge in [0.25, 0.3) is 0 Å². The molecule has 7 heteroatoms. The van der Waals surface area contributed by atoms with Crippen LogP contribution in [0.15, 0.2) is 28.7 Å². The van der Waals surface area contributed by atoms with Crippen molar-refractivity contribution in [3.05, 3.63) is 34.3 Å². The first-order valence-electron chi connectivity index (χ1n) is 5.77. The molecule has 0 spiro atoms. The molecule has 19 heavy (non-hydrogen) atoms. The van der Waals surface area contributed by atoms with Gasteiger partial charge in [-0.15, -0.1) is 0 Å². The molecule has 5 nitrogen and oxygen atoms in total. The number of aliphatic carboxylic acids is 1. The molecule has 1 atom stereocenters. The van der Waals surface area contributed by atoms with Gasteiger partial charge in [0.15, 0.2) is 0 Å². The van der Waals surface area contributed by atoms with E-state index in [2.05, 4.69) is 20.7 Å². The minimum Gasteiger partial charge on any atom is -0.481 e. The van der Waals surface area contributed by atoms with Crippen LogP contribution in [0.2, 0.25) is 0 Å². The lowest BCUT2D eigenvalue weighted by Crippen LogP contribution is -2.29. The van der Waals surface area contributed by atoms with Crippen molar-refractivity contribution in [1.29, 1.82) is 0 Å². The number of rotatable bonds is 7. The van der Waals surface area contributed by atoms with Gasteiger partial charge in [-0.3, -0.25) is 4.79 Å². The molecule has 0 heterocycles. The summed E-state index contributed by atoms with van der Waals surface area (Å²) in [5.74, 6) is -1.17. The van der Waals surface area contributed by atoms with E-state index >= 15 is 0 Å². The Labute approximate surface area is 121 Å². The SMILES string of the molecule is CC(NS(=O)(=O)CCCC(=O)O)c1cccc(Br)c1. The van der Waals surface area contributed by atoms with Gasteiger partial charge in [0.05, 0.1) is 5.75 Å². The standard InChI is InChI=1S/C12H16BrNO4S/c1-9(10-4-2-5-11(13)8-10)14-19(17,18)7-3-6-12(15)16/h2,4-5,8-9,14H,3,6-7H2,1H3,(H,15,16). The van der Waals surface area contributed by atoms with E-state index in [0.29, 0.717) is 0 Å². The first-order valence-corrected chi connectivity index (χ1v) is 8.22. The molecule has 0 aliphatic rings. The van der Waals surface area contributed by atoms with Crippen molar-refractivity contribution in [3.63, 3.8) is 0 Å². The fourth-order valence-electron chi connectivity index (χ4n) is 1.59. The average molecular weight is 350 g/mol. The molecule has 1 rings (SSSR count). The Balaban J connectivity index is 2.60. The monoisotopic (exact) mass is 349 g/mol. The molecular formula is C12H16BrNO4S. The average Bonchev–Trinajstić information content (AvgIpc) is 2.27. The number of nitrogens with one attached hydrogen (secondary N) is 1. The third kappa shape index (κ3) is 6.17. The van der Waals surface area contributed by atoms with Gasteiger partial charge in [0, 0.05) is 16.9 Å². The van der Waals surface area contributed by atoms with Gasteiger partial charge in [-0.05, 0) is 31.0 Å². The number of hydrogen-bond donors (Lipinski definition) is 2. The summed E-state index contributed by atoms with van der Waals surface area (Å²) in [6.07, 6.45) is -0.0396. The van der Waals surface area contributed by atoms with Crippen LogP contribution in [0, 0.1) is 0 Å². The first kappa shape index (κ1) is 16.1. The third-order valence-electron chi connectivity index (χ3n) is 2.51. The van der Waals surface area contributed by atoms with Gasteiger partial charge >= 0.3 is 5.97 Å². The van der Waals surface area contributed by atoms with E-state index in [0.717, 1.165) is 10.0 Å². The molecule has 0 bridgehead atoms. The van der Waals surface area contributed by atoms with Crippen molar-refractivity contribution < 1.29 is 18.3 Å². The number of sulfonamides is 1. The van der Waals surface area contributed by atoms with Gasteiger partial charge in [-0.25, -0.2) is 13.1 Å². The maximum Gasteiger partial charge on any atom is 0.303 e. The highest BCUT2D eigenvalue weighted by Gasteiger charge is 2.16. The largest absolute Gasteiger partial charge is 0.481 e. The van der Waals surface area contributed by atoms with Gasteiger partial charge in [0.1, 0.15) is 0 Å². The van der Waals surface area contributed by atoms with E-state index in [-0.39, 0.29) is 24.6 Å². The van der Waals surface area contributed by atoms with Crippen LogP contribution in [0.4, 0.5) is 0 Å². The van der Waals surface area contributed by atoms with Crippen LogP contribution < -0.4 is 4.72 Å². The molecule has 2 N–H and O–H groups in total. The fourth-order valence-corrected chi connectivity index (χ4v) is 3.32. The van der Waals surface area contributed by atoms with Crippen molar-refractivity contribution in [2.45, 2.75) is 25.8 Å². The van der Waals surface area contributed by atoms with Crippen LogP contribution in [0.5, 0.6) is 0 Å². The molecule has 0 saturated carbocycles. The minimum atomic E-state index is -3.47. The predicted molar refractivity (Wildman–Crippen MR) is 76.3 cm³/mol. The molecule has 106 valence electrons. The van der Waals surface area contributed by atoms with E-state index < -0.39 is 16.0 Å². The molecule has 1 aromatic rings. The van der Waals surface area contributed by atoms with Crippen molar-refractivity contribution in [1.82, 2.24) is 4.72 Å². The highest BCUT2D eigenvalue weighted by Crippen LogP contribution is 2.18. The van der Waals surface area contributed by atoms with Crippen molar-refractivity contribution >= 4 is 31.9 Å². The minimum absolute atomic E-state index is 0.107. The lowest BCUT2D eigenvalue weighted by Gasteiger charge is -2.14. The number of halogens is 1.